The monoisotopic (exact) mass is 1230 g/mol. The van der Waals surface area contributed by atoms with Crippen LogP contribution in [0.1, 0.15) is 441 Å². The molecule has 0 amide bonds. The third kappa shape index (κ3) is 46.2. The molecule has 0 aromatic carbocycles. The van der Waals surface area contributed by atoms with E-state index in [0.717, 1.165) is 41.4 Å². The molecule has 0 spiro atoms. The summed E-state index contributed by atoms with van der Waals surface area (Å²) in [6.07, 6.45) is 71.2. The summed E-state index contributed by atoms with van der Waals surface area (Å²) in [5.41, 5.74) is 0. The van der Waals surface area contributed by atoms with E-state index in [1.165, 1.54) is 198 Å². The van der Waals surface area contributed by atoms with E-state index >= 15 is 0 Å². The van der Waals surface area contributed by atoms with Crippen LogP contribution in [0.3, 0.4) is 0 Å². The molecule has 14 unspecified atom stereocenters. The van der Waals surface area contributed by atoms with Crippen LogP contribution in [0.15, 0.2) is 0 Å². The summed E-state index contributed by atoms with van der Waals surface area (Å²) in [4.78, 5) is 0. The number of fused-ring (bicyclic) bond motifs is 7. The highest BCUT2D eigenvalue weighted by Gasteiger charge is 2.35. The second-order valence-corrected chi connectivity index (χ2v) is 37.2. The van der Waals surface area contributed by atoms with E-state index in [4.69, 9.17) is 0 Å². The molecule has 14 aliphatic carbocycles. The Morgan fingerprint density at radius 1 is 0.102 bits per heavy atom. The molecule has 88 heavy (non-hydrogen) atoms. The van der Waals surface area contributed by atoms with Gasteiger partial charge in [-0.15, -0.1) is 0 Å². The van der Waals surface area contributed by atoms with Crippen molar-refractivity contribution < 1.29 is 0 Å². The average Bonchev–Trinajstić information content (AvgIpc) is 2.43. The van der Waals surface area contributed by atoms with Crippen LogP contribution >= 0.6 is 0 Å². The average molecular weight is 1230 g/mol. The van der Waals surface area contributed by atoms with Gasteiger partial charge in [-0.2, -0.15) is 0 Å². The molecule has 14 fully saturated rings. The van der Waals surface area contributed by atoms with Crippen LogP contribution in [0.5, 0.6) is 0 Å². The lowest BCUT2D eigenvalue weighted by atomic mass is 9.66. The van der Waals surface area contributed by atoms with Crippen molar-refractivity contribution in [1.29, 1.82) is 0 Å². The molecule has 0 nitrogen and oxygen atoms in total. The molecule has 528 valence electrons. The minimum Gasteiger partial charge on any atom is -0.0630 e. The van der Waals surface area contributed by atoms with Crippen LogP contribution in [0.4, 0.5) is 0 Å². The highest BCUT2D eigenvalue weighted by Crippen LogP contribution is 2.48. The molecule has 0 bridgehead atoms. The molecule has 14 rings (SSSR count). The van der Waals surface area contributed by atoms with Crippen LogP contribution in [0, 0.1) is 124 Å². The Morgan fingerprint density at radius 2 is 0.159 bits per heavy atom. The van der Waals surface area contributed by atoms with Gasteiger partial charge in [0.1, 0.15) is 0 Å². The van der Waals surface area contributed by atoms with Gasteiger partial charge in [0.2, 0.25) is 0 Å². The second kappa shape index (κ2) is 54.2. The summed E-state index contributed by atoms with van der Waals surface area (Å²) in [6.45, 7) is 45.5. The van der Waals surface area contributed by atoms with E-state index in [-0.39, 0.29) is 0 Å². The third-order valence-electron chi connectivity index (χ3n) is 21.8. The fourth-order valence-electron chi connectivity index (χ4n) is 17.4. The van der Waals surface area contributed by atoms with Gasteiger partial charge < -0.3 is 0 Å². The fourth-order valence-corrected chi connectivity index (χ4v) is 17.4. The molecule has 0 saturated heterocycles. The van der Waals surface area contributed by atoms with E-state index in [2.05, 4.69) is 145 Å². The van der Waals surface area contributed by atoms with Gasteiger partial charge in [0.25, 0.3) is 0 Å². The zero-order valence-electron chi connectivity index (χ0n) is 65.7. The van der Waals surface area contributed by atoms with Gasteiger partial charge >= 0.3 is 0 Å². The summed E-state index contributed by atoms with van der Waals surface area (Å²) in [5.74, 6) is 22.3. The first-order chi connectivity index (χ1) is 41.9. The van der Waals surface area contributed by atoms with E-state index in [1.807, 2.05) is 0 Å². The van der Waals surface area contributed by atoms with Crippen LogP contribution < -0.4 is 0 Å². The SMILES string of the molecule is C1CCC2CCC2C1.C1CCC2CCC2C1.C1CCC2CCC2C1.C1CCC2CCCC2C1.C1CCC2CCCC2C1.C1CCC2CCCC2C1.C1CCC2CCCC2C1.CC(C)C.CC(C)C.CC(C)C.CC(C)C.CC(C)C.CC(C)C.CC(C)C. The molecular formula is C88H176. The van der Waals surface area contributed by atoms with E-state index in [0.29, 0.717) is 0 Å². The highest BCUT2D eigenvalue weighted by atomic mass is 14.4. The zero-order chi connectivity index (χ0) is 65.7. The van der Waals surface area contributed by atoms with E-state index in [9.17, 15) is 0 Å². The topological polar surface area (TPSA) is 0 Å². The minimum absolute atomic E-state index is 0.833. The fraction of sp³-hybridized carbons (Fsp3) is 1.00. The molecule has 0 radical (unpaired) electrons. The summed E-state index contributed by atoms with van der Waals surface area (Å²) >= 11 is 0. The zero-order valence-corrected chi connectivity index (χ0v) is 65.7. The Hall–Kier alpha value is 0. The largest absolute Gasteiger partial charge is 0.0630 e. The van der Waals surface area contributed by atoms with Crippen molar-refractivity contribution in [2.45, 2.75) is 441 Å². The van der Waals surface area contributed by atoms with Gasteiger partial charge in [0, 0.05) is 0 Å². The molecule has 0 aromatic rings. The Morgan fingerprint density at radius 3 is 0.216 bits per heavy atom. The standard InChI is InChI=1S/4C9H16.3C8H14.7C4H10/c4*1-2-5-9-7-3-6-8(9)4-1;3*1-2-4-8-6-5-7(8)3-1;7*1-4(2)3/h4*8-9H,1-7H2;3*7-8H,1-6H2;7*4H,1-3H3. The lowest BCUT2D eigenvalue weighted by Gasteiger charge is -2.40. The Bertz CT molecular complexity index is 1140. The molecule has 14 saturated carbocycles. The molecule has 0 aliphatic heterocycles. The maximum absolute atomic E-state index is 2.17. The van der Waals surface area contributed by atoms with Crippen molar-refractivity contribution in [2.75, 3.05) is 0 Å². The smallest absolute Gasteiger partial charge is 0.0386 e. The van der Waals surface area contributed by atoms with Crippen LogP contribution in [0.2, 0.25) is 0 Å². The molecule has 0 heteroatoms. The molecule has 0 N–H and O–H groups in total. The predicted molar refractivity (Wildman–Crippen MR) is 405 cm³/mol. The Labute approximate surface area is 561 Å². The number of hydrogen-bond acceptors (Lipinski definition) is 0. The van der Waals surface area contributed by atoms with Crippen LogP contribution in [-0.4, -0.2) is 0 Å². The summed E-state index contributed by atoms with van der Waals surface area (Å²) in [5, 5.41) is 0. The van der Waals surface area contributed by atoms with Gasteiger partial charge in [-0.25, -0.2) is 0 Å². The van der Waals surface area contributed by atoms with Gasteiger partial charge in [-0.05, 0) is 163 Å². The quantitative estimate of drug-likeness (QED) is 0.227. The summed E-state index contributed by atoms with van der Waals surface area (Å²) in [7, 11) is 0. The van der Waals surface area contributed by atoms with Crippen LogP contribution in [0.25, 0.3) is 0 Å². The second-order valence-electron chi connectivity index (χ2n) is 37.2. The lowest BCUT2D eigenvalue weighted by molar-refractivity contribution is 0.115. The van der Waals surface area contributed by atoms with Gasteiger partial charge in [0.05, 0.1) is 0 Å². The van der Waals surface area contributed by atoms with Crippen molar-refractivity contribution in [3.8, 4) is 0 Å². The van der Waals surface area contributed by atoms with Crippen molar-refractivity contribution in [3.63, 3.8) is 0 Å². The minimum atomic E-state index is 0.833. The van der Waals surface area contributed by atoms with Crippen LogP contribution in [-0.2, 0) is 0 Å². The molecule has 14 aliphatic rings. The van der Waals surface area contributed by atoms with Crippen molar-refractivity contribution >= 4 is 0 Å². The first-order valence-electron chi connectivity index (χ1n) is 41.9. The van der Waals surface area contributed by atoms with Gasteiger partial charge in [-0.1, -0.05) is 402 Å². The molecule has 0 aromatic heterocycles. The molecule has 14 atom stereocenters. The predicted octanol–water partition coefficient (Wildman–Crippen LogP) is 31.3. The van der Waals surface area contributed by atoms with E-state index < -0.39 is 0 Å². The van der Waals surface area contributed by atoms with Gasteiger partial charge in [-0.3, -0.25) is 0 Å². The molecular weight excluding hydrogens is 1060 g/mol. The number of hydrogen-bond donors (Lipinski definition) is 0. The van der Waals surface area contributed by atoms with Crippen molar-refractivity contribution in [1.82, 2.24) is 0 Å². The molecule has 0 heterocycles. The maximum atomic E-state index is 2.17. The van der Waals surface area contributed by atoms with Crippen molar-refractivity contribution in [3.05, 3.63) is 0 Å². The summed E-state index contributed by atoms with van der Waals surface area (Å²) in [6, 6.07) is 0. The number of rotatable bonds is 0. The highest BCUT2D eigenvalue weighted by molar-refractivity contribution is 4.87. The normalized spacial score (nSPS) is 32.6. The Balaban J connectivity index is 0.000000481. The first kappa shape index (κ1) is 86.0. The van der Waals surface area contributed by atoms with Gasteiger partial charge in [0.15, 0.2) is 0 Å². The Kier molecular flexibility index (Phi) is 52.9. The lowest BCUT2D eigenvalue weighted by Crippen LogP contribution is -2.28. The van der Waals surface area contributed by atoms with E-state index in [1.54, 1.807) is 180 Å². The van der Waals surface area contributed by atoms with Crippen molar-refractivity contribution in [2.24, 2.45) is 124 Å². The first-order valence-corrected chi connectivity index (χ1v) is 41.9. The third-order valence-corrected chi connectivity index (χ3v) is 21.8. The maximum Gasteiger partial charge on any atom is -0.0386 e. The summed E-state index contributed by atoms with van der Waals surface area (Å²) < 4.78 is 0.